The topological polar surface area (TPSA) is 24.4 Å². The normalized spacial score (nSPS) is 30.5. The van der Waals surface area contributed by atoms with E-state index < -0.39 is 0 Å². The van der Waals surface area contributed by atoms with Crippen LogP contribution in [0.15, 0.2) is 39.6 Å². The minimum Gasteiger partial charge on any atom is -0.312 e. The molecule has 15 heavy (non-hydrogen) atoms. The first-order valence-corrected chi connectivity index (χ1v) is 5.66. The summed E-state index contributed by atoms with van der Waals surface area (Å²) >= 11 is 0. The molecule has 2 heterocycles. The van der Waals surface area contributed by atoms with E-state index in [1.54, 1.807) is 0 Å². The summed E-state index contributed by atoms with van der Waals surface area (Å²) in [4.78, 5) is 4.55. The van der Waals surface area contributed by atoms with Gasteiger partial charge in [0.2, 0.25) is 0 Å². The number of hydrogen-bond donors (Lipinski definition) is 1. The highest BCUT2D eigenvalue weighted by Gasteiger charge is 2.13. The summed E-state index contributed by atoms with van der Waals surface area (Å²) in [5.41, 5.74) is 5.36. The minimum atomic E-state index is 0.964. The Morgan fingerprint density at radius 2 is 2.33 bits per heavy atom. The van der Waals surface area contributed by atoms with Crippen LogP contribution in [0, 0.1) is 0 Å². The molecule has 0 saturated heterocycles. The van der Waals surface area contributed by atoms with Crippen LogP contribution < -0.4 is 5.32 Å². The molecule has 2 rings (SSSR count). The summed E-state index contributed by atoms with van der Waals surface area (Å²) in [5.74, 6) is 0. The molecule has 0 radical (unpaired) electrons. The fourth-order valence-corrected chi connectivity index (χ4v) is 2.04. The quantitative estimate of drug-likeness (QED) is 0.694. The lowest BCUT2D eigenvalue weighted by atomic mass is 9.97. The van der Waals surface area contributed by atoms with Crippen molar-refractivity contribution in [3.8, 4) is 0 Å². The zero-order valence-electron chi connectivity index (χ0n) is 9.51. The van der Waals surface area contributed by atoms with Crippen LogP contribution in [0.5, 0.6) is 0 Å². The van der Waals surface area contributed by atoms with Crippen molar-refractivity contribution < 1.29 is 0 Å². The number of hydrogen-bond acceptors (Lipinski definition) is 2. The third kappa shape index (κ3) is 2.26. The van der Waals surface area contributed by atoms with Gasteiger partial charge in [0.25, 0.3) is 0 Å². The second kappa shape index (κ2) is 4.58. The van der Waals surface area contributed by atoms with Gasteiger partial charge in [0.15, 0.2) is 0 Å². The molecule has 2 aliphatic rings. The fourth-order valence-electron chi connectivity index (χ4n) is 2.04. The molecular formula is C13H18N2. The molecule has 2 nitrogen and oxygen atoms in total. The highest BCUT2D eigenvalue weighted by Crippen LogP contribution is 2.23. The standard InChI is InChI=1S/C13H18N2/c1-3-11-4-7-15-13-5-6-14-9-12(13)10(2)8-11/h4,7-8,14H,3,5-6,9H2,1-2H3/b7-4?,10-8+,11-4-,11-8?,12-10?,15-7-,15-13?. The third-order valence-electron chi connectivity index (χ3n) is 2.99. The highest BCUT2D eigenvalue weighted by atomic mass is 14.9. The summed E-state index contributed by atoms with van der Waals surface area (Å²) in [6.45, 7) is 6.38. The highest BCUT2D eigenvalue weighted by molar-refractivity contribution is 5.75. The Balaban J connectivity index is 2.37. The average Bonchev–Trinajstić information content (AvgIpc) is 2.25. The van der Waals surface area contributed by atoms with E-state index in [1.165, 1.54) is 22.4 Å². The SMILES string of the molecule is CCC1=C/C=N\C2=C(CNCC2)C(\C)=C\1. The lowest BCUT2D eigenvalue weighted by Crippen LogP contribution is -2.25. The predicted octanol–water partition coefficient (Wildman–Crippen LogP) is 2.60. The van der Waals surface area contributed by atoms with E-state index >= 15 is 0 Å². The Kier molecular flexibility index (Phi) is 3.17. The maximum atomic E-state index is 4.55. The van der Waals surface area contributed by atoms with Gasteiger partial charge in [-0.2, -0.15) is 0 Å². The Morgan fingerprint density at radius 1 is 1.47 bits per heavy atom. The van der Waals surface area contributed by atoms with Gasteiger partial charge in [0.05, 0.1) is 0 Å². The van der Waals surface area contributed by atoms with Crippen LogP contribution in [-0.4, -0.2) is 19.3 Å². The van der Waals surface area contributed by atoms with Gasteiger partial charge in [0.1, 0.15) is 0 Å². The van der Waals surface area contributed by atoms with Gasteiger partial charge >= 0.3 is 0 Å². The van der Waals surface area contributed by atoms with Crippen LogP contribution in [0.2, 0.25) is 0 Å². The number of nitrogens with zero attached hydrogens (tertiary/aromatic N) is 1. The second-order valence-corrected chi connectivity index (χ2v) is 4.05. The monoisotopic (exact) mass is 202 g/mol. The van der Waals surface area contributed by atoms with E-state index in [1.807, 2.05) is 6.21 Å². The maximum Gasteiger partial charge on any atom is 0.0463 e. The molecule has 0 atom stereocenters. The molecule has 0 spiro atoms. The van der Waals surface area contributed by atoms with Gasteiger partial charge in [-0.3, -0.25) is 4.99 Å². The lowest BCUT2D eigenvalue weighted by Gasteiger charge is -2.20. The smallest absolute Gasteiger partial charge is 0.0463 e. The van der Waals surface area contributed by atoms with Crippen LogP contribution in [0.1, 0.15) is 26.7 Å². The molecule has 0 amide bonds. The van der Waals surface area contributed by atoms with Crippen LogP contribution in [0.3, 0.4) is 0 Å². The van der Waals surface area contributed by atoms with E-state index in [0.717, 1.165) is 25.9 Å². The van der Waals surface area contributed by atoms with Gasteiger partial charge in [-0.05, 0) is 36.1 Å². The summed E-state index contributed by atoms with van der Waals surface area (Å²) in [6, 6.07) is 0. The maximum absolute atomic E-state index is 4.55. The van der Waals surface area contributed by atoms with E-state index in [2.05, 4.69) is 36.3 Å². The first kappa shape index (κ1) is 10.4. The van der Waals surface area contributed by atoms with E-state index in [4.69, 9.17) is 0 Å². The van der Waals surface area contributed by atoms with Gasteiger partial charge in [-0.15, -0.1) is 0 Å². The van der Waals surface area contributed by atoms with Gasteiger partial charge in [-0.25, -0.2) is 0 Å². The van der Waals surface area contributed by atoms with Crippen molar-refractivity contribution >= 4 is 6.21 Å². The number of nitrogens with one attached hydrogen (secondary N) is 1. The molecule has 0 fully saturated rings. The van der Waals surface area contributed by atoms with E-state index in [0.29, 0.717) is 0 Å². The minimum absolute atomic E-state index is 0.964. The molecule has 0 aromatic carbocycles. The largest absolute Gasteiger partial charge is 0.312 e. The van der Waals surface area contributed by atoms with E-state index in [9.17, 15) is 0 Å². The molecular weight excluding hydrogens is 184 g/mol. The predicted molar refractivity (Wildman–Crippen MR) is 65.1 cm³/mol. The van der Waals surface area contributed by atoms with Crippen molar-refractivity contribution in [1.82, 2.24) is 5.32 Å². The molecule has 1 N–H and O–H groups in total. The van der Waals surface area contributed by atoms with Crippen molar-refractivity contribution in [1.29, 1.82) is 0 Å². The van der Waals surface area contributed by atoms with Crippen molar-refractivity contribution in [2.24, 2.45) is 4.99 Å². The number of allylic oxidation sites excluding steroid dienone is 3. The average molecular weight is 202 g/mol. The van der Waals surface area contributed by atoms with Crippen LogP contribution in [0.25, 0.3) is 0 Å². The second-order valence-electron chi connectivity index (χ2n) is 4.05. The fraction of sp³-hybridized carbons (Fsp3) is 0.462. The van der Waals surface area contributed by atoms with E-state index in [-0.39, 0.29) is 0 Å². The Hall–Kier alpha value is -1.15. The van der Waals surface area contributed by atoms with Crippen molar-refractivity contribution in [2.75, 3.05) is 13.1 Å². The van der Waals surface area contributed by atoms with Crippen molar-refractivity contribution in [2.45, 2.75) is 26.7 Å². The van der Waals surface area contributed by atoms with Gasteiger partial charge in [-0.1, -0.05) is 13.0 Å². The zero-order valence-corrected chi connectivity index (χ0v) is 9.51. The molecule has 80 valence electrons. The molecule has 2 heteroatoms. The van der Waals surface area contributed by atoms with Gasteiger partial charge < -0.3 is 5.32 Å². The summed E-state index contributed by atoms with van der Waals surface area (Å²) in [7, 11) is 0. The van der Waals surface area contributed by atoms with Crippen LogP contribution in [0.4, 0.5) is 0 Å². The van der Waals surface area contributed by atoms with Crippen LogP contribution in [-0.2, 0) is 0 Å². The Morgan fingerprint density at radius 3 is 3.13 bits per heavy atom. The Labute approximate surface area is 91.5 Å². The number of rotatable bonds is 1. The first-order chi connectivity index (χ1) is 7.31. The molecule has 0 unspecified atom stereocenters. The number of aliphatic imine (C=N–C) groups is 1. The first-order valence-electron chi connectivity index (χ1n) is 5.66. The lowest BCUT2D eigenvalue weighted by molar-refractivity contribution is 0.676. The molecule has 2 aliphatic heterocycles. The molecule has 0 aliphatic carbocycles. The summed E-state index contributed by atoms with van der Waals surface area (Å²) in [6.07, 6.45) is 8.47. The van der Waals surface area contributed by atoms with Crippen LogP contribution >= 0.6 is 0 Å². The molecule has 0 bridgehead atoms. The third-order valence-corrected chi connectivity index (χ3v) is 2.99. The molecule has 0 aromatic heterocycles. The molecule has 0 saturated carbocycles. The van der Waals surface area contributed by atoms with Gasteiger partial charge in [0, 0.05) is 31.4 Å². The summed E-state index contributed by atoms with van der Waals surface area (Å²) in [5, 5.41) is 3.40. The zero-order chi connectivity index (χ0) is 10.7. The van der Waals surface area contributed by atoms with Crippen molar-refractivity contribution in [3.05, 3.63) is 34.6 Å². The molecule has 0 aromatic rings. The van der Waals surface area contributed by atoms with Crippen molar-refractivity contribution in [3.63, 3.8) is 0 Å². The summed E-state index contributed by atoms with van der Waals surface area (Å²) < 4.78 is 0. The Bertz CT molecular complexity index is 370.